The summed E-state index contributed by atoms with van der Waals surface area (Å²) >= 11 is 1.62. The van der Waals surface area contributed by atoms with Gasteiger partial charge in [0, 0.05) is 12.4 Å². The SMILES string of the molecule is O=C([O-])CC1C(=O)NCC[NH+]1Cc1cccs1. The number of nitrogens with one attached hydrogen (secondary N) is 2. The number of rotatable bonds is 4. The molecule has 2 rings (SSSR count). The summed E-state index contributed by atoms with van der Waals surface area (Å²) in [4.78, 5) is 24.5. The summed E-state index contributed by atoms with van der Waals surface area (Å²) in [6, 6.07) is 3.42. The van der Waals surface area contributed by atoms with Gasteiger partial charge in [-0.3, -0.25) is 4.79 Å². The van der Waals surface area contributed by atoms with Crippen LogP contribution in [0.5, 0.6) is 0 Å². The van der Waals surface area contributed by atoms with Crippen molar-refractivity contribution in [3.63, 3.8) is 0 Å². The molecule has 1 aromatic heterocycles. The zero-order valence-corrected chi connectivity index (χ0v) is 10.1. The first kappa shape index (κ1) is 12.1. The molecule has 6 heteroatoms. The van der Waals surface area contributed by atoms with E-state index in [1.807, 2.05) is 17.5 Å². The zero-order valence-electron chi connectivity index (χ0n) is 9.27. The van der Waals surface area contributed by atoms with Crippen molar-refractivity contribution in [1.29, 1.82) is 0 Å². The van der Waals surface area contributed by atoms with Crippen LogP contribution in [0.1, 0.15) is 11.3 Å². The number of carbonyl (C=O) groups is 2. The lowest BCUT2D eigenvalue weighted by Gasteiger charge is -2.31. The van der Waals surface area contributed by atoms with Crippen LogP contribution in [0.2, 0.25) is 0 Å². The fourth-order valence-corrected chi connectivity index (χ4v) is 2.84. The minimum atomic E-state index is -1.17. The second-order valence-corrected chi connectivity index (χ2v) is 5.12. The first-order chi connectivity index (χ1) is 8.16. The third kappa shape index (κ3) is 3.04. The molecule has 2 unspecified atom stereocenters. The van der Waals surface area contributed by atoms with E-state index in [0.717, 1.165) is 16.3 Å². The molecule has 0 radical (unpaired) electrons. The van der Waals surface area contributed by atoms with Gasteiger partial charge in [-0.1, -0.05) is 6.07 Å². The molecule has 0 saturated carbocycles. The highest BCUT2D eigenvalue weighted by molar-refractivity contribution is 7.09. The number of carboxylic acid groups (broad SMARTS) is 1. The van der Waals surface area contributed by atoms with Gasteiger partial charge in [0.1, 0.15) is 6.54 Å². The lowest BCUT2D eigenvalue weighted by Crippen LogP contribution is -3.18. The van der Waals surface area contributed by atoms with Crippen LogP contribution < -0.4 is 15.3 Å². The molecular formula is C11H14N2O3S. The fourth-order valence-electron chi connectivity index (χ4n) is 2.08. The quantitative estimate of drug-likeness (QED) is 0.639. The average Bonchev–Trinajstić information content (AvgIpc) is 2.75. The highest BCUT2D eigenvalue weighted by atomic mass is 32.1. The van der Waals surface area contributed by atoms with Crippen molar-refractivity contribution >= 4 is 23.2 Å². The maximum Gasteiger partial charge on any atom is 0.278 e. The highest BCUT2D eigenvalue weighted by Gasteiger charge is 2.33. The Morgan fingerprint density at radius 1 is 1.65 bits per heavy atom. The molecular weight excluding hydrogens is 240 g/mol. The Morgan fingerprint density at radius 2 is 2.47 bits per heavy atom. The van der Waals surface area contributed by atoms with Crippen LogP contribution in [0.15, 0.2) is 17.5 Å². The molecule has 0 spiro atoms. The summed E-state index contributed by atoms with van der Waals surface area (Å²) in [5, 5.41) is 15.3. The van der Waals surface area contributed by atoms with E-state index in [4.69, 9.17) is 0 Å². The molecule has 1 fully saturated rings. The molecule has 0 bridgehead atoms. The van der Waals surface area contributed by atoms with Gasteiger partial charge < -0.3 is 20.1 Å². The lowest BCUT2D eigenvalue weighted by atomic mass is 10.1. The van der Waals surface area contributed by atoms with E-state index in [1.165, 1.54) is 0 Å². The van der Waals surface area contributed by atoms with Crippen LogP contribution in [-0.2, 0) is 16.1 Å². The van der Waals surface area contributed by atoms with Crippen molar-refractivity contribution in [2.75, 3.05) is 13.1 Å². The van der Waals surface area contributed by atoms with E-state index in [1.54, 1.807) is 11.3 Å². The van der Waals surface area contributed by atoms with Crippen LogP contribution in [0.25, 0.3) is 0 Å². The standard InChI is InChI=1S/C11H14N2O3S/c14-10(15)6-9-11(16)12-3-4-13(9)7-8-2-1-5-17-8/h1-2,5,9H,3-4,6-7H2,(H,12,16)(H,14,15). The van der Waals surface area contributed by atoms with Gasteiger partial charge in [-0.05, 0) is 11.4 Å². The summed E-state index contributed by atoms with van der Waals surface area (Å²) in [5.74, 6) is -1.36. The second kappa shape index (κ2) is 5.29. The summed E-state index contributed by atoms with van der Waals surface area (Å²) < 4.78 is 0. The monoisotopic (exact) mass is 254 g/mol. The number of hydrogen-bond donors (Lipinski definition) is 2. The molecule has 2 heterocycles. The molecule has 0 aliphatic carbocycles. The van der Waals surface area contributed by atoms with E-state index in [9.17, 15) is 14.7 Å². The van der Waals surface area contributed by atoms with Gasteiger partial charge in [0.2, 0.25) is 0 Å². The maximum absolute atomic E-state index is 11.6. The third-order valence-corrected chi connectivity index (χ3v) is 3.78. The van der Waals surface area contributed by atoms with E-state index in [2.05, 4.69) is 5.32 Å². The molecule has 5 nitrogen and oxygen atoms in total. The van der Waals surface area contributed by atoms with Crippen LogP contribution in [0, 0.1) is 0 Å². The third-order valence-electron chi connectivity index (χ3n) is 2.91. The lowest BCUT2D eigenvalue weighted by molar-refractivity contribution is -0.930. The zero-order chi connectivity index (χ0) is 12.3. The molecule has 1 aliphatic rings. The van der Waals surface area contributed by atoms with Crippen molar-refractivity contribution in [3.8, 4) is 0 Å². The van der Waals surface area contributed by atoms with Crippen LogP contribution in [0.3, 0.4) is 0 Å². The van der Waals surface area contributed by atoms with Crippen molar-refractivity contribution < 1.29 is 19.6 Å². The molecule has 1 aliphatic heterocycles. The van der Waals surface area contributed by atoms with E-state index >= 15 is 0 Å². The van der Waals surface area contributed by atoms with Crippen molar-refractivity contribution in [2.24, 2.45) is 0 Å². The Kier molecular flexibility index (Phi) is 3.75. The number of amides is 1. The Hall–Kier alpha value is -1.40. The van der Waals surface area contributed by atoms with Gasteiger partial charge in [-0.25, -0.2) is 0 Å². The highest BCUT2D eigenvalue weighted by Crippen LogP contribution is 2.06. The van der Waals surface area contributed by atoms with Gasteiger partial charge in [0.15, 0.2) is 6.04 Å². The fraction of sp³-hybridized carbons (Fsp3) is 0.455. The molecule has 1 saturated heterocycles. The Morgan fingerprint density at radius 3 is 3.12 bits per heavy atom. The minimum Gasteiger partial charge on any atom is -0.550 e. The number of piperazine rings is 1. The van der Waals surface area contributed by atoms with Crippen molar-refractivity contribution in [1.82, 2.24) is 5.32 Å². The summed E-state index contributed by atoms with van der Waals surface area (Å²) in [6.45, 7) is 2.05. The molecule has 1 amide bonds. The number of hydrogen-bond acceptors (Lipinski definition) is 4. The van der Waals surface area contributed by atoms with Crippen LogP contribution in [-0.4, -0.2) is 31.0 Å². The van der Waals surface area contributed by atoms with Gasteiger partial charge in [0.25, 0.3) is 5.91 Å². The second-order valence-electron chi connectivity index (χ2n) is 4.08. The number of carbonyl (C=O) groups excluding carboxylic acids is 2. The van der Waals surface area contributed by atoms with Crippen molar-refractivity contribution in [2.45, 2.75) is 19.0 Å². The van der Waals surface area contributed by atoms with E-state index in [0.29, 0.717) is 13.1 Å². The normalized spacial score (nSPS) is 24.4. The van der Waals surface area contributed by atoms with Gasteiger partial charge >= 0.3 is 0 Å². The molecule has 92 valence electrons. The Labute approximate surface area is 103 Å². The molecule has 2 atom stereocenters. The maximum atomic E-state index is 11.6. The Bertz CT molecular complexity index is 405. The van der Waals surface area contributed by atoms with Crippen LogP contribution >= 0.6 is 11.3 Å². The summed E-state index contributed by atoms with van der Waals surface area (Å²) in [7, 11) is 0. The average molecular weight is 254 g/mol. The molecule has 1 aromatic rings. The van der Waals surface area contributed by atoms with Gasteiger partial charge in [0.05, 0.1) is 18.0 Å². The van der Waals surface area contributed by atoms with Gasteiger partial charge in [-0.15, -0.1) is 11.3 Å². The van der Waals surface area contributed by atoms with Gasteiger partial charge in [-0.2, -0.15) is 0 Å². The van der Waals surface area contributed by atoms with E-state index < -0.39 is 12.0 Å². The summed E-state index contributed by atoms with van der Waals surface area (Å²) in [6.07, 6.45) is -0.216. The number of thiophene rings is 1. The molecule has 2 N–H and O–H groups in total. The molecule has 17 heavy (non-hydrogen) atoms. The predicted octanol–water partition coefficient (Wildman–Crippen LogP) is -2.23. The molecule has 0 aromatic carbocycles. The predicted molar refractivity (Wildman–Crippen MR) is 60.3 cm³/mol. The number of carboxylic acids is 1. The van der Waals surface area contributed by atoms with E-state index in [-0.39, 0.29) is 12.3 Å². The summed E-state index contributed by atoms with van der Waals surface area (Å²) in [5.41, 5.74) is 0. The number of quaternary nitrogens is 1. The van der Waals surface area contributed by atoms with Crippen molar-refractivity contribution in [3.05, 3.63) is 22.4 Å². The topological polar surface area (TPSA) is 73.7 Å². The smallest absolute Gasteiger partial charge is 0.278 e. The number of aliphatic carboxylic acids is 1. The first-order valence-electron chi connectivity index (χ1n) is 5.51. The minimum absolute atomic E-state index is 0.188. The first-order valence-corrected chi connectivity index (χ1v) is 6.39. The Balaban J connectivity index is 2.06. The van der Waals surface area contributed by atoms with Crippen LogP contribution in [0.4, 0.5) is 0 Å². The largest absolute Gasteiger partial charge is 0.550 e.